The van der Waals surface area contributed by atoms with Crippen molar-refractivity contribution in [2.24, 2.45) is 0 Å². The van der Waals surface area contributed by atoms with Gasteiger partial charge in [0.25, 0.3) is 5.91 Å². The summed E-state index contributed by atoms with van der Waals surface area (Å²) in [6.45, 7) is 5.51. The molecule has 0 aliphatic rings. The fraction of sp³-hybridized carbons (Fsp3) is 0.462. The fourth-order valence-electron chi connectivity index (χ4n) is 1.53. The Bertz CT molecular complexity index is 370. The van der Waals surface area contributed by atoms with Crippen molar-refractivity contribution in [3.05, 3.63) is 29.3 Å². The molecule has 0 unspecified atom stereocenters. The van der Waals surface area contributed by atoms with E-state index < -0.39 is 0 Å². The zero-order valence-electron chi connectivity index (χ0n) is 10.5. The Morgan fingerprint density at radius 3 is 2.53 bits per heavy atom. The molecular weight excluding hydrogens is 218 g/mol. The number of para-hydroxylation sites is 1. The maximum absolute atomic E-state index is 11.5. The van der Waals surface area contributed by atoms with Crippen LogP contribution in [-0.4, -0.2) is 30.3 Å². The van der Waals surface area contributed by atoms with Crippen molar-refractivity contribution < 1.29 is 14.6 Å². The van der Waals surface area contributed by atoms with Crippen LogP contribution in [-0.2, 0) is 4.79 Å². The van der Waals surface area contributed by atoms with E-state index in [1.54, 1.807) is 6.92 Å². The molecule has 1 aromatic carbocycles. The second-order valence-electron chi connectivity index (χ2n) is 4.16. The Morgan fingerprint density at radius 1 is 1.41 bits per heavy atom. The van der Waals surface area contributed by atoms with Crippen LogP contribution < -0.4 is 10.1 Å². The van der Waals surface area contributed by atoms with Crippen molar-refractivity contribution in [2.45, 2.75) is 26.8 Å². The number of hydrogen-bond acceptors (Lipinski definition) is 3. The summed E-state index contributed by atoms with van der Waals surface area (Å²) in [5.41, 5.74) is 2.01. The molecule has 0 fully saturated rings. The first kappa shape index (κ1) is 13.5. The third kappa shape index (κ3) is 4.07. The highest BCUT2D eigenvalue weighted by Gasteiger charge is 2.09. The Labute approximate surface area is 102 Å². The SMILES string of the molecule is Cc1cccc(C)c1OCC(=O)N[C@@H](C)CO. The lowest BCUT2D eigenvalue weighted by atomic mass is 10.1. The quantitative estimate of drug-likeness (QED) is 0.808. The maximum Gasteiger partial charge on any atom is 0.258 e. The monoisotopic (exact) mass is 237 g/mol. The molecule has 4 heteroatoms. The second-order valence-corrected chi connectivity index (χ2v) is 4.16. The highest BCUT2D eigenvalue weighted by molar-refractivity contribution is 5.77. The normalized spacial score (nSPS) is 12.0. The van der Waals surface area contributed by atoms with E-state index in [0.717, 1.165) is 16.9 Å². The van der Waals surface area contributed by atoms with E-state index >= 15 is 0 Å². The van der Waals surface area contributed by atoms with Crippen LogP contribution in [0.1, 0.15) is 18.1 Å². The average molecular weight is 237 g/mol. The van der Waals surface area contributed by atoms with Gasteiger partial charge in [-0.2, -0.15) is 0 Å². The van der Waals surface area contributed by atoms with Gasteiger partial charge in [0, 0.05) is 6.04 Å². The summed E-state index contributed by atoms with van der Waals surface area (Å²) in [6.07, 6.45) is 0. The zero-order chi connectivity index (χ0) is 12.8. The number of nitrogens with one attached hydrogen (secondary N) is 1. The van der Waals surface area contributed by atoms with Crippen LogP contribution in [0.2, 0.25) is 0 Å². The predicted octanol–water partition coefficient (Wildman–Crippen LogP) is 1.18. The van der Waals surface area contributed by atoms with Crippen LogP contribution in [0.25, 0.3) is 0 Å². The summed E-state index contributed by atoms with van der Waals surface area (Å²) < 4.78 is 5.48. The van der Waals surface area contributed by atoms with Crippen molar-refractivity contribution in [3.8, 4) is 5.75 Å². The van der Waals surface area contributed by atoms with Gasteiger partial charge in [0.1, 0.15) is 5.75 Å². The summed E-state index contributed by atoms with van der Waals surface area (Å²) in [4.78, 5) is 11.5. The van der Waals surface area contributed by atoms with E-state index in [9.17, 15) is 4.79 Å². The molecule has 0 heterocycles. The second kappa shape index (κ2) is 6.25. The molecule has 0 saturated carbocycles. The molecule has 1 aromatic rings. The van der Waals surface area contributed by atoms with Crippen molar-refractivity contribution in [2.75, 3.05) is 13.2 Å². The molecule has 1 amide bonds. The van der Waals surface area contributed by atoms with Crippen LogP contribution in [0.5, 0.6) is 5.75 Å². The van der Waals surface area contributed by atoms with Gasteiger partial charge in [-0.15, -0.1) is 0 Å². The fourth-order valence-corrected chi connectivity index (χ4v) is 1.53. The van der Waals surface area contributed by atoms with Gasteiger partial charge in [-0.05, 0) is 31.9 Å². The topological polar surface area (TPSA) is 58.6 Å². The average Bonchev–Trinajstić information content (AvgIpc) is 2.28. The van der Waals surface area contributed by atoms with Crippen molar-refractivity contribution >= 4 is 5.91 Å². The molecule has 0 aliphatic heterocycles. The van der Waals surface area contributed by atoms with E-state index in [0.29, 0.717) is 0 Å². The minimum Gasteiger partial charge on any atom is -0.483 e. The summed E-state index contributed by atoms with van der Waals surface area (Å²) in [5, 5.41) is 11.4. The van der Waals surface area contributed by atoms with Gasteiger partial charge in [-0.1, -0.05) is 18.2 Å². The van der Waals surface area contributed by atoms with Gasteiger partial charge in [0.05, 0.1) is 6.61 Å². The number of rotatable bonds is 5. The van der Waals surface area contributed by atoms with Crippen LogP contribution in [0.4, 0.5) is 0 Å². The predicted molar refractivity (Wildman–Crippen MR) is 66.1 cm³/mol. The molecule has 0 spiro atoms. The number of aryl methyl sites for hydroxylation is 2. The molecule has 0 aliphatic carbocycles. The lowest BCUT2D eigenvalue weighted by Crippen LogP contribution is -2.38. The number of ether oxygens (including phenoxy) is 1. The molecule has 0 bridgehead atoms. The maximum atomic E-state index is 11.5. The molecule has 94 valence electrons. The molecular formula is C13H19NO3. The van der Waals surface area contributed by atoms with Crippen LogP contribution >= 0.6 is 0 Å². The van der Waals surface area contributed by atoms with Gasteiger partial charge < -0.3 is 15.2 Å². The Kier molecular flexibility index (Phi) is 4.97. The van der Waals surface area contributed by atoms with E-state index in [-0.39, 0.29) is 25.2 Å². The molecule has 4 nitrogen and oxygen atoms in total. The molecule has 1 atom stereocenters. The number of aliphatic hydroxyl groups is 1. The van der Waals surface area contributed by atoms with E-state index in [1.807, 2.05) is 32.0 Å². The summed E-state index contributed by atoms with van der Waals surface area (Å²) in [6, 6.07) is 5.59. The van der Waals surface area contributed by atoms with E-state index in [4.69, 9.17) is 9.84 Å². The van der Waals surface area contributed by atoms with E-state index in [2.05, 4.69) is 5.32 Å². The van der Waals surface area contributed by atoms with Gasteiger partial charge in [-0.3, -0.25) is 4.79 Å². The highest BCUT2D eigenvalue weighted by atomic mass is 16.5. The Morgan fingerprint density at radius 2 is 2.00 bits per heavy atom. The third-order valence-electron chi connectivity index (χ3n) is 2.44. The van der Waals surface area contributed by atoms with Crippen molar-refractivity contribution in [1.82, 2.24) is 5.32 Å². The third-order valence-corrected chi connectivity index (χ3v) is 2.44. The molecule has 0 saturated heterocycles. The largest absolute Gasteiger partial charge is 0.483 e. The van der Waals surface area contributed by atoms with Crippen LogP contribution in [0.15, 0.2) is 18.2 Å². The minimum atomic E-state index is -0.246. The summed E-state index contributed by atoms with van der Waals surface area (Å²) in [7, 11) is 0. The molecule has 2 N–H and O–H groups in total. The minimum absolute atomic E-state index is 0.0317. The first-order chi connectivity index (χ1) is 8.04. The highest BCUT2D eigenvalue weighted by Crippen LogP contribution is 2.21. The molecule has 1 rings (SSSR count). The van der Waals surface area contributed by atoms with Crippen LogP contribution in [0, 0.1) is 13.8 Å². The van der Waals surface area contributed by atoms with Gasteiger partial charge >= 0.3 is 0 Å². The standard InChI is InChI=1S/C13H19NO3/c1-9-5-4-6-10(2)13(9)17-8-12(16)14-11(3)7-15/h4-6,11,15H,7-8H2,1-3H3,(H,14,16)/t11-/m0/s1. The molecule has 0 aromatic heterocycles. The zero-order valence-corrected chi connectivity index (χ0v) is 10.5. The van der Waals surface area contributed by atoms with Gasteiger partial charge in [0.2, 0.25) is 0 Å². The van der Waals surface area contributed by atoms with Gasteiger partial charge in [-0.25, -0.2) is 0 Å². The number of carbonyl (C=O) groups is 1. The Hall–Kier alpha value is -1.55. The lowest BCUT2D eigenvalue weighted by molar-refractivity contribution is -0.124. The first-order valence-electron chi connectivity index (χ1n) is 5.63. The van der Waals surface area contributed by atoms with E-state index in [1.165, 1.54) is 0 Å². The number of aliphatic hydroxyl groups excluding tert-OH is 1. The molecule has 17 heavy (non-hydrogen) atoms. The first-order valence-corrected chi connectivity index (χ1v) is 5.63. The lowest BCUT2D eigenvalue weighted by Gasteiger charge is -2.14. The summed E-state index contributed by atoms with van der Waals surface area (Å²) >= 11 is 0. The number of amides is 1. The number of carbonyl (C=O) groups excluding carboxylic acids is 1. The van der Waals surface area contributed by atoms with Gasteiger partial charge in [0.15, 0.2) is 6.61 Å². The Balaban J connectivity index is 2.53. The smallest absolute Gasteiger partial charge is 0.258 e. The summed E-state index contributed by atoms with van der Waals surface area (Å²) in [5.74, 6) is 0.522. The van der Waals surface area contributed by atoms with Crippen molar-refractivity contribution in [1.29, 1.82) is 0 Å². The number of benzene rings is 1. The number of hydrogen-bond donors (Lipinski definition) is 2. The molecule has 0 radical (unpaired) electrons. The van der Waals surface area contributed by atoms with Crippen molar-refractivity contribution in [3.63, 3.8) is 0 Å². The van der Waals surface area contributed by atoms with Crippen LogP contribution in [0.3, 0.4) is 0 Å².